The summed E-state index contributed by atoms with van der Waals surface area (Å²) in [5.41, 5.74) is 0.808. The molecule has 0 saturated heterocycles. The first-order chi connectivity index (χ1) is 11.2. The molecule has 2 aliphatic rings. The first-order valence-electron chi connectivity index (χ1n) is 8.30. The van der Waals surface area contributed by atoms with Crippen molar-refractivity contribution in [1.82, 2.24) is 20.7 Å². The highest BCUT2D eigenvalue weighted by atomic mass is 15.5. The molecule has 2 rings (SSSR count). The molecule has 2 aliphatic heterocycles. The Kier molecular flexibility index (Phi) is 6.83. The van der Waals surface area contributed by atoms with Crippen LogP contribution in [0.2, 0.25) is 0 Å². The number of hydrogen-bond acceptors (Lipinski definition) is 8. The largest absolute Gasteiger partial charge is 0.355 e. The van der Waals surface area contributed by atoms with Crippen molar-refractivity contribution in [2.24, 2.45) is 20.2 Å². The fraction of sp³-hybridized carbons (Fsp3) is 0.733. The van der Waals surface area contributed by atoms with Gasteiger partial charge in [-0.15, -0.1) is 0 Å². The average Bonchev–Trinajstić information content (AvgIpc) is 2.97. The zero-order valence-electron chi connectivity index (χ0n) is 14.4. The maximum Gasteiger partial charge on any atom is 0.214 e. The van der Waals surface area contributed by atoms with Gasteiger partial charge in [-0.1, -0.05) is 0 Å². The number of nitrogens with zero attached hydrogens (tertiary/aromatic N) is 6. The summed E-state index contributed by atoms with van der Waals surface area (Å²) in [5.74, 6) is 1.63. The van der Waals surface area contributed by atoms with E-state index < -0.39 is 0 Å². The van der Waals surface area contributed by atoms with Crippen molar-refractivity contribution in [2.75, 3.05) is 40.3 Å². The molecule has 2 N–H and O–H groups in total. The average molecular weight is 320 g/mol. The van der Waals surface area contributed by atoms with E-state index in [2.05, 4.69) is 30.8 Å². The van der Waals surface area contributed by atoms with E-state index in [1.54, 1.807) is 16.2 Å². The summed E-state index contributed by atoms with van der Waals surface area (Å²) >= 11 is 0. The lowest BCUT2D eigenvalue weighted by Crippen LogP contribution is -2.36. The number of hydrogen-bond donors (Lipinski definition) is 2. The van der Waals surface area contributed by atoms with Gasteiger partial charge in [-0.3, -0.25) is 9.98 Å². The summed E-state index contributed by atoms with van der Waals surface area (Å²) in [5, 5.41) is 19.0. The van der Waals surface area contributed by atoms with Gasteiger partial charge >= 0.3 is 0 Å². The Labute approximate surface area is 138 Å². The maximum atomic E-state index is 4.50. The first-order valence-corrected chi connectivity index (χ1v) is 8.30. The van der Waals surface area contributed by atoms with Gasteiger partial charge in [0.25, 0.3) is 0 Å². The zero-order valence-corrected chi connectivity index (χ0v) is 14.4. The molecule has 2 heterocycles. The standard InChI is InChI=1S/C15H28N8/c1-13(21-23(3)15-18-10-6-7-11-19-15)12-20-22(2)14-16-8-4-5-9-17-14/h12H,4-11H2,1-3H3,(H,16,17)(H,18,19)/b20-12-,21-13-. The van der Waals surface area contributed by atoms with E-state index in [0.29, 0.717) is 0 Å². The molecule has 0 radical (unpaired) electrons. The molecule has 0 spiro atoms. The molecule has 0 aromatic rings. The minimum Gasteiger partial charge on any atom is -0.355 e. The normalized spacial score (nSPS) is 19.9. The van der Waals surface area contributed by atoms with Crippen molar-refractivity contribution in [3.8, 4) is 0 Å². The topological polar surface area (TPSA) is 80.0 Å². The molecule has 8 heteroatoms. The fourth-order valence-electron chi connectivity index (χ4n) is 2.32. The molecule has 128 valence electrons. The van der Waals surface area contributed by atoms with Crippen molar-refractivity contribution in [3.05, 3.63) is 0 Å². The molecular formula is C15H28N8. The van der Waals surface area contributed by atoms with Gasteiger partial charge in [0.05, 0.1) is 11.9 Å². The van der Waals surface area contributed by atoms with E-state index in [1.165, 1.54) is 0 Å². The third-order valence-corrected chi connectivity index (χ3v) is 3.60. The highest BCUT2D eigenvalue weighted by Crippen LogP contribution is 1.99. The Hall–Kier alpha value is -2.12. The molecule has 0 aliphatic carbocycles. The lowest BCUT2D eigenvalue weighted by Gasteiger charge is -2.17. The van der Waals surface area contributed by atoms with E-state index in [1.807, 2.05) is 21.0 Å². The van der Waals surface area contributed by atoms with Gasteiger partial charge in [0.15, 0.2) is 0 Å². The highest BCUT2D eigenvalue weighted by molar-refractivity contribution is 6.29. The molecule has 0 amide bonds. The van der Waals surface area contributed by atoms with Gasteiger partial charge in [-0.05, 0) is 32.6 Å². The third-order valence-electron chi connectivity index (χ3n) is 3.60. The molecule has 0 bridgehead atoms. The van der Waals surface area contributed by atoms with Crippen molar-refractivity contribution in [2.45, 2.75) is 32.6 Å². The number of nitrogens with one attached hydrogen (secondary N) is 2. The molecule has 0 unspecified atom stereocenters. The predicted octanol–water partition coefficient (Wildman–Crippen LogP) is 0.691. The number of rotatable bonds is 3. The van der Waals surface area contributed by atoms with Gasteiger partial charge in [0.1, 0.15) is 0 Å². The van der Waals surface area contributed by atoms with Crippen LogP contribution >= 0.6 is 0 Å². The summed E-state index contributed by atoms with van der Waals surface area (Å²) in [4.78, 5) is 8.98. The van der Waals surface area contributed by atoms with Crippen molar-refractivity contribution in [3.63, 3.8) is 0 Å². The number of guanidine groups is 2. The third kappa shape index (κ3) is 5.88. The Morgan fingerprint density at radius 3 is 2.13 bits per heavy atom. The predicted molar refractivity (Wildman–Crippen MR) is 96.2 cm³/mol. The van der Waals surface area contributed by atoms with Crippen LogP contribution < -0.4 is 10.6 Å². The molecule has 0 fully saturated rings. The molecule has 0 saturated carbocycles. The number of aliphatic imine (C=N–C) groups is 2. The molecular weight excluding hydrogens is 292 g/mol. The van der Waals surface area contributed by atoms with E-state index in [4.69, 9.17) is 0 Å². The van der Waals surface area contributed by atoms with Gasteiger partial charge < -0.3 is 10.6 Å². The Bertz CT molecular complexity index is 494. The van der Waals surface area contributed by atoms with Crippen LogP contribution in [0.15, 0.2) is 20.2 Å². The van der Waals surface area contributed by atoms with Crippen LogP contribution in [0.3, 0.4) is 0 Å². The Morgan fingerprint density at radius 2 is 1.52 bits per heavy atom. The van der Waals surface area contributed by atoms with Crippen molar-refractivity contribution < 1.29 is 0 Å². The Balaban J connectivity index is 1.92. The lowest BCUT2D eigenvalue weighted by atomic mass is 10.3. The second-order valence-corrected chi connectivity index (χ2v) is 5.71. The van der Waals surface area contributed by atoms with Gasteiger partial charge in [-0.25, -0.2) is 10.0 Å². The molecule has 8 nitrogen and oxygen atoms in total. The van der Waals surface area contributed by atoms with Crippen molar-refractivity contribution in [1.29, 1.82) is 0 Å². The summed E-state index contributed by atoms with van der Waals surface area (Å²) < 4.78 is 0. The highest BCUT2D eigenvalue weighted by Gasteiger charge is 2.08. The minimum absolute atomic E-state index is 0.808. The molecule has 0 aromatic heterocycles. The smallest absolute Gasteiger partial charge is 0.214 e. The van der Waals surface area contributed by atoms with Crippen molar-refractivity contribution >= 4 is 23.8 Å². The lowest BCUT2D eigenvalue weighted by molar-refractivity contribution is 0.515. The van der Waals surface area contributed by atoms with E-state index in [-0.39, 0.29) is 0 Å². The summed E-state index contributed by atoms with van der Waals surface area (Å²) in [6, 6.07) is 0. The fourth-order valence-corrected chi connectivity index (χ4v) is 2.32. The number of hydrazone groups is 2. The monoisotopic (exact) mass is 320 g/mol. The molecule has 0 aromatic carbocycles. The van der Waals surface area contributed by atoms with E-state index in [0.717, 1.165) is 69.5 Å². The minimum atomic E-state index is 0.808. The van der Waals surface area contributed by atoms with E-state index >= 15 is 0 Å². The quantitative estimate of drug-likeness (QED) is 0.592. The van der Waals surface area contributed by atoms with Crippen LogP contribution in [-0.2, 0) is 0 Å². The molecule has 23 heavy (non-hydrogen) atoms. The maximum absolute atomic E-state index is 4.50. The second-order valence-electron chi connectivity index (χ2n) is 5.71. The van der Waals surface area contributed by atoms with Crippen LogP contribution in [0.25, 0.3) is 0 Å². The SMILES string of the molecule is CC(/C=N\N(C)C1=NCCCCN1)=N/N(C)C1=NCCCCN1. The zero-order chi connectivity index (χ0) is 16.5. The summed E-state index contributed by atoms with van der Waals surface area (Å²) in [6.45, 7) is 5.51. The van der Waals surface area contributed by atoms with E-state index in [9.17, 15) is 0 Å². The van der Waals surface area contributed by atoms with Gasteiger partial charge in [0, 0.05) is 40.3 Å². The van der Waals surface area contributed by atoms with Crippen LogP contribution in [0.4, 0.5) is 0 Å². The summed E-state index contributed by atoms with van der Waals surface area (Å²) in [7, 11) is 3.79. The van der Waals surface area contributed by atoms with Crippen LogP contribution in [0.1, 0.15) is 32.6 Å². The summed E-state index contributed by atoms with van der Waals surface area (Å²) in [6.07, 6.45) is 6.27. The second kappa shape index (κ2) is 9.12. The van der Waals surface area contributed by atoms with Gasteiger partial charge in [-0.2, -0.15) is 10.2 Å². The first kappa shape index (κ1) is 17.2. The van der Waals surface area contributed by atoms with Crippen LogP contribution in [0, 0.1) is 0 Å². The molecule has 0 atom stereocenters. The van der Waals surface area contributed by atoms with Gasteiger partial charge in [0.2, 0.25) is 11.9 Å². The van der Waals surface area contributed by atoms with Crippen LogP contribution in [0.5, 0.6) is 0 Å². The Morgan fingerprint density at radius 1 is 0.957 bits per heavy atom. The van der Waals surface area contributed by atoms with Crippen LogP contribution in [-0.4, -0.2) is 74.1 Å².